The third-order valence-corrected chi connectivity index (χ3v) is 4.04. The van der Waals surface area contributed by atoms with Crippen LogP contribution in [0.25, 0.3) is 0 Å². The smallest absolute Gasteiger partial charge is 0.0802 e. The van der Waals surface area contributed by atoms with Gasteiger partial charge in [-0.1, -0.05) is 20.8 Å². The van der Waals surface area contributed by atoms with Crippen LogP contribution in [0.3, 0.4) is 0 Å². The summed E-state index contributed by atoms with van der Waals surface area (Å²) in [7, 11) is 0. The van der Waals surface area contributed by atoms with Crippen molar-refractivity contribution in [2.24, 2.45) is 11.7 Å². The average Bonchev–Trinajstić information content (AvgIpc) is 2.29. The van der Waals surface area contributed by atoms with Gasteiger partial charge in [0.1, 0.15) is 0 Å². The van der Waals surface area contributed by atoms with Crippen LogP contribution in [0, 0.1) is 5.92 Å². The van der Waals surface area contributed by atoms with E-state index in [0.717, 1.165) is 18.8 Å². The Morgan fingerprint density at radius 1 is 1.13 bits per heavy atom. The average molecular weight is 213 g/mol. The van der Waals surface area contributed by atoms with Gasteiger partial charge in [0.2, 0.25) is 0 Å². The molecular weight excluding hydrogens is 186 g/mol. The molecule has 0 saturated heterocycles. The second-order valence-electron chi connectivity index (χ2n) is 5.09. The van der Waals surface area contributed by atoms with Crippen molar-refractivity contribution >= 4 is 0 Å². The summed E-state index contributed by atoms with van der Waals surface area (Å²) in [5.41, 5.74) is 5.80. The van der Waals surface area contributed by atoms with E-state index in [2.05, 4.69) is 20.8 Å². The highest BCUT2D eigenvalue weighted by atomic mass is 16.5. The lowest BCUT2D eigenvalue weighted by molar-refractivity contribution is -0.107. The molecule has 2 heteroatoms. The molecule has 90 valence electrons. The maximum absolute atomic E-state index is 6.25. The van der Waals surface area contributed by atoms with Gasteiger partial charge in [-0.2, -0.15) is 0 Å². The Morgan fingerprint density at radius 2 is 1.67 bits per heavy atom. The fourth-order valence-corrected chi connectivity index (χ4v) is 2.45. The van der Waals surface area contributed by atoms with Gasteiger partial charge in [-0.05, 0) is 44.4 Å². The number of rotatable bonds is 5. The van der Waals surface area contributed by atoms with Gasteiger partial charge < -0.3 is 10.5 Å². The molecule has 0 radical (unpaired) electrons. The molecule has 1 fully saturated rings. The first-order chi connectivity index (χ1) is 7.15. The summed E-state index contributed by atoms with van der Waals surface area (Å²) in [4.78, 5) is 0. The zero-order valence-corrected chi connectivity index (χ0v) is 10.6. The Balaban J connectivity index is 2.44. The number of ether oxygens (including phenoxy) is 1. The standard InChI is InChI=1S/C13H27NO/c1-4-13(5-2,10-14)15-12-8-6-11(3)7-9-12/h11-12H,4-10,14H2,1-3H3. The van der Waals surface area contributed by atoms with Crippen LogP contribution < -0.4 is 5.73 Å². The van der Waals surface area contributed by atoms with Crippen molar-refractivity contribution in [2.75, 3.05) is 6.54 Å². The van der Waals surface area contributed by atoms with Crippen LogP contribution in [0.1, 0.15) is 59.3 Å². The normalized spacial score (nSPS) is 28.0. The number of hydrogen-bond donors (Lipinski definition) is 1. The van der Waals surface area contributed by atoms with E-state index in [9.17, 15) is 0 Å². The summed E-state index contributed by atoms with van der Waals surface area (Å²) in [6.07, 6.45) is 7.62. The molecule has 2 N–H and O–H groups in total. The highest BCUT2D eigenvalue weighted by molar-refractivity contribution is 4.82. The van der Waals surface area contributed by atoms with Crippen LogP contribution in [0.2, 0.25) is 0 Å². The van der Waals surface area contributed by atoms with E-state index in [0.29, 0.717) is 12.6 Å². The van der Waals surface area contributed by atoms with Gasteiger partial charge in [0.15, 0.2) is 0 Å². The molecule has 2 nitrogen and oxygen atoms in total. The second-order valence-corrected chi connectivity index (χ2v) is 5.09. The van der Waals surface area contributed by atoms with Gasteiger partial charge in [0, 0.05) is 6.54 Å². The van der Waals surface area contributed by atoms with Crippen molar-refractivity contribution in [3.05, 3.63) is 0 Å². The van der Waals surface area contributed by atoms with Crippen molar-refractivity contribution in [3.63, 3.8) is 0 Å². The highest BCUT2D eigenvalue weighted by Crippen LogP contribution is 2.30. The molecule has 1 rings (SSSR count). The Morgan fingerprint density at radius 3 is 2.07 bits per heavy atom. The predicted octanol–water partition coefficient (Wildman–Crippen LogP) is 3.10. The Labute approximate surface area is 94.6 Å². The van der Waals surface area contributed by atoms with E-state index in [1.807, 2.05) is 0 Å². The van der Waals surface area contributed by atoms with Crippen molar-refractivity contribution in [1.29, 1.82) is 0 Å². The molecule has 0 unspecified atom stereocenters. The van der Waals surface area contributed by atoms with Crippen LogP contribution in [0.4, 0.5) is 0 Å². The van der Waals surface area contributed by atoms with Crippen LogP contribution in [0.15, 0.2) is 0 Å². The third kappa shape index (κ3) is 3.46. The van der Waals surface area contributed by atoms with Crippen molar-refractivity contribution in [2.45, 2.75) is 71.0 Å². The molecule has 0 atom stereocenters. The summed E-state index contributed by atoms with van der Waals surface area (Å²) in [5.74, 6) is 0.889. The molecule has 0 aromatic rings. The first-order valence-corrected chi connectivity index (χ1v) is 6.53. The van der Waals surface area contributed by atoms with Crippen molar-refractivity contribution < 1.29 is 4.74 Å². The van der Waals surface area contributed by atoms with Crippen LogP contribution in [-0.4, -0.2) is 18.2 Å². The minimum Gasteiger partial charge on any atom is -0.370 e. The van der Waals surface area contributed by atoms with Gasteiger partial charge in [-0.25, -0.2) is 0 Å². The van der Waals surface area contributed by atoms with Gasteiger partial charge in [-0.3, -0.25) is 0 Å². The Hall–Kier alpha value is -0.0800. The SMILES string of the molecule is CCC(CC)(CN)OC1CCC(C)CC1. The molecule has 15 heavy (non-hydrogen) atoms. The van der Waals surface area contributed by atoms with Gasteiger partial charge in [0.05, 0.1) is 11.7 Å². The van der Waals surface area contributed by atoms with Crippen molar-refractivity contribution in [1.82, 2.24) is 0 Å². The monoisotopic (exact) mass is 213 g/mol. The van der Waals surface area contributed by atoms with Crippen LogP contribution >= 0.6 is 0 Å². The van der Waals surface area contributed by atoms with E-state index in [4.69, 9.17) is 10.5 Å². The summed E-state index contributed by atoms with van der Waals surface area (Å²) < 4.78 is 6.25. The van der Waals surface area contributed by atoms with Crippen LogP contribution in [-0.2, 0) is 4.74 Å². The molecule has 0 spiro atoms. The van der Waals surface area contributed by atoms with Crippen LogP contribution in [0.5, 0.6) is 0 Å². The second kappa shape index (κ2) is 5.86. The molecule has 0 amide bonds. The molecular formula is C13H27NO. The molecule has 0 heterocycles. The fraction of sp³-hybridized carbons (Fsp3) is 1.00. The predicted molar refractivity (Wildman–Crippen MR) is 64.9 cm³/mol. The molecule has 0 aromatic carbocycles. The summed E-state index contributed by atoms with van der Waals surface area (Å²) in [6, 6.07) is 0. The Kier molecular flexibility index (Phi) is 5.07. The molecule has 1 aliphatic carbocycles. The first kappa shape index (κ1) is 13.0. The highest BCUT2D eigenvalue weighted by Gasteiger charge is 2.30. The zero-order valence-electron chi connectivity index (χ0n) is 10.6. The largest absolute Gasteiger partial charge is 0.370 e. The third-order valence-electron chi connectivity index (χ3n) is 4.04. The Bertz CT molecular complexity index is 161. The first-order valence-electron chi connectivity index (χ1n) is 6.53. The molecule has 0 aliphatic heterocycles. The molecule has 1 saturated carbocycles. The minimum atomic E-state index is -0.0504. The lowest BCUT2D eigenvalue weighted by atomic mass is 9.88. The van der Waals surface area contributed by atoms with E-state index in [1.54, 1.807) is 0 Å². The zero-order chi connectivity index (χ0) is 11.3. The summed E-state index contributed by atoms with van der Waals surface area (Å²) in [6.45, 7) is 7.36. The molecule has 1 aliphatic rings. The maximum atomic E-state index is 6.25. The van der Waals surface area contributed by atoms with E-state index >= 15 is 0 Å². The van der Waals surface area contributed by atoms with Gasteiger partial charge >= 0.3 is 0 Å². The van der Waals surface area contributed by atoms with E-state index < -0.39 is 0 Å². The lowest BCUT2D eigenvalue weighted by Crippen LogP contribution is -2.43. The lowest BCUT2D eigenvalue weighted by Gasteiger charge is -2.37. The maximum Gasteiger partial charge on any atom is 0.0802 e. The number of nitrogens with two attached hydrogens (primary N) is 1. The topological polar surface area (TPSA) is 35.2 Å². The summed E-state index contributed by atoms with van der Waals surface area (Å²) in [5, 5.41) is 0. The van der Waals surface area contributed by atoms with E-state index in [-0.39, 0.29) is 5.60 Å². The van der Waals surface area contributed by atoms with Crippen molar-refractivity contribution in [3.8, 4) is 0 Å². The fourth-order valence-electron chi connectivity index (χ4n) is 2.45. The minimum absolute atomic E-state index is 0.0504. The molecule has 0 aromatic heterocycles. The van der Waals surface area contributed by atoms with Gasteiger partial charge in [-0.15, -0.1) is 0 Å². The number of hydrogen-bond acceptors (Lipinski definition) is 2. The van der Waals surface area contributed by atoms with Gasteiger partial charge in [0.25, 0.3) is 0 Å². The quantitative estimate of drug-likeness (QED) is 0.761. The molecule has 0 bridgehead atoms. The van der Waals surface area contributed by atoms with E-state index in [1.165, 1.54) is 25.7 Å². The summed E-state index contributed by atoms with van der Waals surface area (Å²) >= 11 is 0.